The van der Waals surface area contributed by atoms with Gasteiger partial charge < -0.3 is 9.26 Å². The minimum atomic E-state index is -0.00333. The second kappa shape index (κ2) is 6.64. The van der Waals surface area contributed by atoms with Crippen LogP contribution in [-0.2, 0) is 17.7 Å². The standard InChI is InChI=1S/C14H20N4O2S/c1-10-12(21-9-15-10)5-6-18(2)8-13-16-14(20-17-13)11-4-3-7-19-11/h9,11H,3-8H2,1-2H3. The molecule has 0 aromatic carbocycles. The van der Waals surface area contributed by atoms with Crippen LogP contribution in [0.1, 0.15) is 41.2 Å². The molecule has 0 saturated carbocycles. The molecule has 6 nitrogen and oxygen atoms in total. The molecular formula is C14H20N4O2S. The molecule has 1 unspecified atom stereocenters. The smallest absolute Gasteiger partial charge is 0.255 e. The minimum absolute atomic E-state index is 0.00333. The van der Waals surface area contributed by atoms with Gasteiger partial charge >= 0.3 is 0 Å². The van der Waals surface area contributed by atoms with Crippen molar-refractivity contribution in [1.82, 2.24) is 20.0 Å². The van der Waals surface area contributed by atoms with Gasteiger partial charge in [0.25, 0.3) is 5.89 Å². The molecule has 1 saturated heterocycles. The number of aromatic nitrogens is 3. The van der Waals surface area contributed by atoms with E-state index < -0.39 is 0 Å². The zero-order valence-corrected chi connectivity index (χ0v) is 13.2. The Hall–Kier alpha value is -1.31. The Morgan fingerprint density at radius 2 is 2.38 bits per heavy atom. The van der Waals surface area contributed by atoms with Crippen LogP contribution < -0.4 is 0 Å². The van der Waals surface area contributed by atoms with Crippen LogP contribution in [0.4, 0.5) is 0 Å². The molecule has 0 radical (unpaired) electrons. The fourth-order valence-corrected chi connectivity index (χ4v) is 3.18. The Morgan fingerprint density at radius 3 is 3.10 bits per heavy atom. The molecule has 7 heteroatoms. The van der Waals surface area contributed by atoms with Gasteiger partial charge in [-0.3, -0.25) is 4.90 Å². The van der Waals surface area contributed by atoms with E-state index in [0.29, 0.717) is 12.4 Å². The van der Waals surface area contributed by atoms with Gasteiger partial charge in [-0.05, 0) is 33.2 Å². The number of aryl methyl sites for hydroxylation is 1. The SMILES string of the molecule is Cc1ncsc1CCN(C)Cc1noc(C2CCCO2)n1. The fourth-order valence-electron chi connectivity index (χ4n) is 2.41. The second-order valence-electron chi connectivity index (χ2n) is 5.40. The van der Waals surface area contributed by atoms with Crippen molar-refractivity contribution in [3.05, 3.63) is 27.8 Å². The van der Waals surface area contributed by atoms with Crippen molar-refractivity contribution >= 4 is 11.3 Å². The number of ether oxygens (including phenoxy) is 1. The molecule has 2 aromatic heterocycles. The number of rotatable bonds is 6. The first kappa shape index (κ1) is 14.6. The van der Waals surface area contributed by atoms with Crippen molar-refractivity contribution in [3.63, 3.8) is 0 Å². The van der Waals surface area contributed by atoms with E-state index in [0.717, 1.165) is 43.9 Å². The number of nitrogens with zero attached hydrogens (tertiary/aromatic N) is 4. The molecule has 0 bridgehead atoms. The lowest BCUT2D eigenvalue weighted by Gasteiger charge is -2.13. The van der Waals surface area contributed by atoms with Gasteiger partial charge in [-0.1, -0.05) is 5.16 Å². The van der Waals surface area contributed by atoms with Gasteiger partial charge in [0.1, 0.15) is 6.10 Å². The van der Waals surface area contributed by atoms with Crippen LogP contribution in [0.2, 0.25) is 0 Å². The second-order valence-corrected chi connectivity index (χ2v) is 6.34. The highest BCUT2D eigenvalue weighted by molar-refractivity contribution is 7.09. The van der Waals surface area contributed by atoms with Gasteiger partial charge in [0.05, 0.1) is 17.7 Å². The highest BCUT2D eigenvalue weighted by Gasteiger charge is 2.24. The summed E-state index contributed by atoms with van der Waals surface area (Å²) in [7, 11) is 2.07. The van der Waals surface area contributed by atoms with E-state index in [2.05, 4.69) is 34.0 Å². The zero-order valence-electron chi connectivity index (χ0n) is 12.4. The molecule has 1 atom stereocenters. The molecule has 1 aliphatic rings. The van der Waals surface area contributed by atoms with Gasteiger partial charge in [-0.2, -0.15) is 4.98 Å². The van der Waals surface area contributed by atoms with Crippen molar-refractivity contribution < 1.29 is 9.26 Å². The number of thiazole rings is 1. The summed E-state index contributed by atoms with van der Waals surface area (Å²) in [6, 6.07) is 0. The summed E-state index contributed by atoms with van der Waals surface area (Å²) >= 11 is 1.71. The van der Waals surface area contributed by atoms with Crippen molar-refractivity contribution in [2.24, 2.45) is 0 Å². The third-order valence-corrected chi connectivity index (χ3v) is 4.66. The predicted octanol–water partition coefficient (Wildman–Crippen LogP) is 2.36. The Labute approximate surface area is 128 Å². The molecule has 3 heterocycles. The van der Waals surface area contributed by atoms with Gasteiger partial charge in [-0.15, -0.1) is 11.3 Å². The summed E-state index contributed by atoms with van der Waals surface area (Å²) in [4.78, 5) is 12.3. The molecule has 0 aliphatic carbocycles. The molecule has 114 valence electrons. The van der Waals surface area contributed by atoms with Gasteiger partial charge in [0, 0.05) is 18.0 Å². The summed E-state index contributed by atoms with van der Waals surface area (Å²) in [5, 5.41) is 4.05. The number of likely N-dealkylation sites (N-methyl/N-ethyl adjacent to an activating group) is 1. The summed E-state index contributed by atoms with van der Waals surface area (Å²) in [5.74, 6) is 1.35. The zero-order chi connectivity index (χ0) is 14.7. The van der Waals surface area contributed by atoms with Crippen molar-refractivity contribution in [2.45, 2.75) is 38.8 Å². The Balaban J connectivity index is 1.50. The topological polar surface area (TPSA) is 64.3 Å². The molecule has 2 aromatic rings. The average Bonchev–Trinajstić information content (AvgIpc) is 3.17. The third kappa shape index (κ3) is 3.66. The lowest BCUT2D eigenvalue weighted by molar-refractivity contribution is 0.0835. The summed E-state index contributed by atoms with van der Waals surface area (Å²) < 4.78 is 10.8. The van der Waals surface area contributed by atoms with E-state index in [-0.39, 0.29) is 6.10 Å². The van der Waals surface area contributed by atoms with Gasteiger partial charge in [-0.25, -0.2) is 4.98 Å². The van der Waals surface area contributed by atoms with Crippen LogP contribution in [0.15, 0.2) is 10.0 Å². The average molecular weight is 308 g/mol. The molecular weight excluding hydrogens is 288 g/mol. The lowest BCUT2D eigenvalue weighted by atomic mass is 10.2. The van der Waals surface area contributed by atoms with E-state index >= 15 is 0 Å². The maximum absolute atomic E-state index is 5.55. The van der Waals surface area contributed by atoms with Crippen LogP contribution in [-0.4, -0.2) is 40.2 Å². The van der Waals surface area contributed by atoms with Crippen LogP contribution in [0.3, 0.4) is 0 Å². The Morgan fingerprint density at radius 1 is 1.48 bits per heavy atom. The maximum Gasteiger partial charge on any atom is 0.255 e. The van der Waals surface area contributed by atoms with Crippen LogP contribution >= 0.6 is 11.3 Å². The fraction of sp³-hybridized carbons (Fsp3) is 0.643. The molecule has 21 heavy (non-hydrogen) atoms. The molecule has 0 N–H and O–H groups in total. The van der Waals surface area contributed by atoms with Gasteiger partial charge in [0.2, 0.25) is 0 Å². The molecule has 1 aliphatic heterocycles. The normalized spacial score (nSPS) is 18.7. The first-order chi connectivity index (χ1) is 10.2. The highest BCUT2D eigenvalue weighted by atomic mass is 32.1. The highest BCUT2D eigenvalue weighted by Crippen LogP contribution is 2.27. The Kier molecular flexibility index (Phi) is 4.62. The van der Waals surface area contributed by atoms with Gasteiger partial charge in [0.15, 0.2) is 5.82 Å². The van der Waals surface area contributed by atoms with E-state index in [9.17, 15) is 0 Å². The van der Waals surface area contributed by atoms with Crippen molar-refractivity contribution in [1.29, 1.82) is 0 Å². The molecule has 1 fully saturated rings. The lowest BCUT2D eigenvalue weighted by Crippen LogP contribution is -2.21. The van der Waals surface area contributed by atoms with E-state index in [4.69, 9.17) is 9.26 Å². The monoisotopic (exact) mass is 308 g/mol. The van der Waals surface area contributed by atoms with E-state index in [1.54, 1.807) is 11.3 Å². The first-order valence-electron chi connectivity index (χ1n) is 7.24. The van der Waals surface area contributed by atoms with Crippen molar-refractivity contribution in [3.8, 4) is 0 Å². The first-order valence-corrected chi connectivity index (χ1v) is 8.12. The molecule has 0 amide bonds. The van der Waals surface area contributed by atoms with E-state index in [1.807, 2.05) is 5.51 Å². The predicted molar refractivity (Wildman–Crippen MR) is 79.1 cm³/mol. The summed E-state index contributed by atoms with van der Waals surface area (Å²) in [6.07, 6.45) is 3.04. The maximum atomic E-state index is 5.55. The van der Waals surface area contributed by atoms with Crippen LogP contribution in [0.25, 0.3) is 0 Å². The largest absolute Gasteiger partial charge is 0.368 e. The molecule has 0 spiro atoms. The summed E-state index contributed by atoms with van der Waals surface area (Å²) in [6.45, 7) is 4.48. The van der Waals surface area contributed by atoms with Crippen molar-refractivity contribution in [2.75, 3.05) is 20.2 Å². The third-order valence-electron chi connectivity index (χ3n) is 3.67. The Bertz CT molecular complexity index is 577. The van der Waals surface area contributed by atoms with E-state index in [1.165, 1.54) is 4.88 Å². The number of hydrogen-bond acceptors (Lipinski definition) is 7. The molecule has 3 rings (SSSR count). The summed E-state index contributed by atoms with van der Waals surface area (Å²) in [5.41, 5.74) is 3.03. The quantitative estimate of drug-likeness (QED) is 0.816. The minimum Gasteiger partial charge on any atom is -0.368 e. The number of hydrogen-bond donors (Lipinski definition) is 0. The van der Waals surface area contributed by atoms with Crippen LogP contribution in [0.5, 0.6) is 0 Å². The van der Waals surface area contributed by atoms with Crippen LogP contribution in [0, 0.1) is 6.92 Å².